The highest BCUT2D eigenvalue weighted by atomic mass is 15.2. The van der Waals surface area contributed by atoms with Crippen molar-refractivity contribution in [3.05, 3.63) is 12.4 Å². The Kier molecular flexibility index (Phi) is 4.83. The zero-order chi connectivity index (χ0) is 11.1. The van der Waals surface area contributed by atoms with E-state index < -0.39 is 0 Å². The second-order valence-electron chi connectivity index (χ2n) is 3.54. The Morgan fingerprint density at radius 3 is 2.73 bits per heavy atom. The van der Waals surface area contributed by atoms with Gasteiger partial charge < -0.3 is 15.5 Å². The second-order valence-corrected chi connectivity index (χ2v) is 3.54. The van der Waals surface area contributed by atoms with E-state index in [0.717, 1.165) is 31.1 Å². The molecular formula is C10H19N5. The van der Waals surface area contributed by atoms with Gasteiger partial charge in [0.05, 0.1) is 0 Å². The van der Waals surface area contributed by atoms with Crippen LogP contribution in [0.4, 0.5) is 11.6 Å². The number of hydrogen-bond donors (Lipinski definition) is 2. The second kappa shape index (κ2) is 6.19. The highest BCUT2D eigenvalue weighted by molar-refractivity contribution is 5.47. The van der Waals surface area contributed by atoms with Crippen LogP contribution in [0.3, 0.4) is 0 Å². The van der Waals surface area contributed by atoms with Crippen molar-refractivity contribution in [1.29, 1.82) is 0 Å². The van der Waals surface area contributed by atoms with Crippen molar-refractivity contribution in [2.24, 2.45) is 0 Å². The molecule has 1 aromatic heterocycles. The summed E-state index contributed by atoms with van der Waals surface area (Å²) < 4.78 is 0. The largest absolute Gasteiger partial charge is 0.370 e. The van der Waals surface area contributed by atoms with E-state index in [1.807, 2.05) is 32.1 Å². The number of anilines is 2. The predicted molar refractivity (Wildman–Crippen MR) is 63.4 cm³/mol. The molecule has 0 aliphatic carbocycles. The van der Waals surface area contributed by atoms with Crippen LogP contribution in [0.15, 0.2) is 12.4 Å². The lowest BCUT2D eigenvalue weighted by Crippen LogP contribution is -2.14. The molecule has 0 aromatic carbocycles. The summed E-state index contributed by atoms with van der Waals surface area (Å²) in [6.45, 7) is 1.93. The third-order valence-corrected chi connectivity index (χ3v) is 2.02. The zero-order valence-corrected chi connectivity index (χ0v) is 9.62. The fourth-order valence-electron chi connectivity index (χ4n) is 1.17. The Labute approximate surface area is 90.9 Å². The van der Waals surface area contributed by atoms with Gasteiger partial charge >= 0.3 is 0 Å². The summed E-state index contributed by atoms with van der Waals surface area (Å²) in [4.78, 5) is 10.3. The van der Waals surface area contributed by atoms with Gasteiger partial charge in [0.25, 0.3) is 0 Å². The lowest BCUT2D eigenvalue weighted by molar-refractivity contribution is 0.746. The Morgan fingerprint density at radius 2 is 2.07 bits per heavy atom. The molecule has 2 N–H and O–H groups in total. The first-order chi connectivity index (χ1) is 7.24. The summed E-state index contributed by atoms with van der Waals surface area (Å²) in [5, 5.41) is 6.36. The minimum Gasteiger partial charge on any atom is -0.370 e. The van der Waals surface area contributed by atoms with Crippen LogP contribution < -0.4 is 15.5 Å². The highest BCUT2D eigenvalue weighted by Gasteiger charge is 1.99. The van der Waals surface area contributed by atoms with E-state index in [1.165, 1.54) is 0 Å². The standard InChI is InChI=1S/C10H19N5/c1-11-5-4-6-12-9-7-10(15(2)3)14-8-13-9/h7-8,11H,4-6H2,1-3H3,(H,12,13,14). The molecule has 1 aromatic rings. The van der Waals surface area contributed by atoms with Crippen LogP contribution in [-0.2, 0) is 0 Å². The molecule has 0 fully saturated rings. The summed E-state index contributed by atoms with van der Waals surface area (Å²) in [5.41, 5.74) is 0. The highest BCUT2D eigenvalue weighted by Crippen LogP contribution is 2.10. The average Bonchev–Trinajstić information content (AvgIpc) is 2.25. The van der Waals surface area contributed by atoms with E-state index >= 15 is 0 Å². The maximum absolute atomic E-state index is 4.15. The van der Waals surface area contributed by atoms with Gasteiger partial charge in [-0.25, -0.2) is 9.97 Å². The molecule has 0 aliphatic rings. The van der Waals surface area contributed by atoms with Gasteiger partial charge in [0.15, 0.2) is 0 Å². The van der Waals surface area contributed by atoms with Crippen molar-refractivity contribution in [3.8, 4) is 0 Å². The number of nitrogens with zero attached hydrogens (tertiary/aromatic N) is 3. The minimum absolute atomic E-state index is 0.879. The molecule has 5 nitrogen and oxygen atoms in total. The Morgan fingerprint density at radius 1 is 1.27 bits per heavy atom. The molecule has 0 unspecified atom stereocenters. The number of hydrogen-bond acceptors (Lipinski definition) is 5. The van der Waals surface area contributed by atoms with Crippen molar-refractivity contribution in [2.75, 3.05) is 44.4 Å². The summed E-state index contributed by atoms with van der Waals surface area (Å²) in [6, 6.07) is 1.94. The molecule has 0 amide bonds. The van der Waals surface area contributed by atoms with Gasteiger partial charge in [-0.05, 0) is 20.0 Å². The van der Waals surface area contributed by atoms with E-state index in [9.17, 15) is 0 Å². The van der Waals surface area contributed by atoms with Crippen LogP contribution in [0.5, 0.6) is 0 Å². The number of aromatic nitrogens is 2. The van der Waals surface area contributed by atoms with Crippen LogP contribution in [0.25, 0.3) is 0 Å². The molecule has 5 heteroatoms. The van der Waals surface area contributed by atoms with Crippen LogP contribution >= 0.6 is 0 Å². The molecular weight excluding hydrogens is 190 g/mol. The molecule has 0 radical (unpaired) electrons. The van der Waals surface area contributed by atoms with Gasteiger partial charge in [-0.1, -0.05) is 0 Å². The molecule has 0 saturated carbocycles. The molecule has 0 bridgehead atoms. The van der Waals surface area contributed by atoms with E-state index in [2.05, 4.69) is 20.6 Å². The Balaban J connectivity index is 2.43. The third kappa shape index (κ3) is 4.12. The maximum Gasteiger partial charge on any atom is 0.133 e. The predicted octanol–water partition coefficient (Wildman–Crippen LogP) is 0.564. The van der Waals surface area contributed by atoms with E-state index in [0.29, 0.717) is 0 Å². The van der Waals surface area contributed by atoms with Crippen molar-refractivity contribution >= 4 is 11.6 Å². The normalized spacial score (nSPS) is 10.1. The van der Waals surface area contributed by atoms with E-state index in [1.54, 1.807) is 6.33 Å². The monoisotopic (exact) mass is 209 g/mol. The lowest BCUT2D eigenvalue weighted by atomic mass is 10.4. The topological polar surface area (TPSA) is 53.1 Å². The van der Waals surface area contributed by atoms with E-state index in [4.69, 9.17) is 0 Å². The van der Waals surface area contributed by atoms with Crippen LogP contribution in [0.2, 0.25) is 0 Å². The van der Waals surface area contributed by atoms with Gasteiger partial charge in [0.1, 0.15) is 18.0 Å². The van der Waals surface area contributed by atoms with Crippen molar-refractivity contribution in [3.63, 3.8) is 0 Å². The van der Waals surface area contributed by atoms with Crippen molar-refractivity contribution in [2.45, 2.75) is 6.42 Å². The first-order valence-electron chi connectivity index (χ1n) is 5.12. The first-order valence-corrected chi connectivity index (χ1v) is 5.12. The molecule has 0 spiro atoms. The molecule has 1 rings (SSSR count). The summed E-state index contributed by atoms with van der Waals surface area (Å²) in [6.07, 6.45) is 2.66. The fourth-order valence-corrected chi connectivity index (χ4v) is 1.17. The molecule has 0 aliphatic heterocycles. The molecule has 84 valence electrons. The van der Waals surface area contributed by atoms with Gasteiger partial charge in [0, 0.05) is 26.7 Å². The summed E-state index contributed by atoms with van der Waals surface area (Å²) >= 11 is 0. The fraction of sp³-hybridized carbons (Fsp3) is 0.600. The average molecular weight is 209 g/mol. The Bertz CT molecular complexity index is 287. The van der Waals surface area contributed by atoms with Gasteiger partial charge in [-0.2, -0.15) is 0 Å². The molecule has 0 saturated heterocycles. The zero-order valence-electron chi connectivity index (χ0n) is 9.62. The SMILES string of the molecule is CNCCCNc1cc(N(C)C)ncn1. The first kappa shape index (κ1) is 11.7. The molecule has 15 heavy (non-hydrogen) atoms. The summed E-state index contributed by atoms with van der Waals surface area (Å²) in [7, 11) is 5.88. The third-order valence-electron chi connectivity index (χ3n) is 2.02. The van der Waals surface area contributed by atoms with Crippen molar-refractivity contribution < 1.29 is 0 Å². The Hall–Kier alpha value is -1.36. The van der Waals surface area contributed by atoms with E-state index in [-0.39, 0.29) is 0 Å². The summed E-state index contributed by atoms with van der Waals surface area (Å²) in [5.74, 6) is 1.80. The number of rotatable bonds is 6. The quantitative estimate of drug-likeness (QED) is 0.671. The smallest absolute Gasteiger partial charge is 0.133 e. The maximum atomic E-state index is 4.15. The lowest BCUT2D eigenvalue weighted by Gasteiger charge is -2.12. The van der Waals surface area contributed by atoms with Gasteiger partial charge in [-0.15, -0.1) is 0 Å². The van der Waals surface area contributed by atoms with Crippen LogP contribution in [-0.4, -0.2) is 44.2 Å². The minimum atomic E-state index is 0.879. The van der Waals surface area contributed by atoms with Crippen LogP contribution in [0, 0.1) is 0 Å². The van der Waals surface area contributed by atoms with Crippen LogP contribution in [0.1, 0.15) is 6.42 Å². The molecule has 1 heterocycles. The van der Waals surface area contributed by atoms with Gasteiger partial charge in [0.2, 0.25) is 0 Å². The molecule has 0 atom stereocenters. The number of nitrogens with one attached hydrogen (secondary N) is 2. The van der Waals surface area contributed by atoms with Gasteiger partial charge in [-0.3, -0.25) is 0 Å². The van der Waals surface area contributed by atoms with Crippen molar-refractivity contribution in [1.82, 2.24) is 15.3 Å².